The Bertz CT molecular complexity index is 1190. The van der Waals surface area contributed by atoms with E-state index in [2.05, 4.69) is 10.0 Å². The molecule has 0 aliphatic carbocycles. The number of amides is 1. The van der Waals surface area contributed by atoms with E-state index in [4.69, 9.17) is 4.74 Å². The molecular formula is C24H26N2O4S. The molecule has 0 unspecified atom stereocenters. The lowest BCUT2D eigenvalue weighted by Gasteiger charge is -2.14. The fourth-order valence-corrected chi connectivity index (χ4v) is 4.04. The lowest BCUT2D eigenvalue weighted by Crippen LogP contribution is -2.16. The van der Waals surface area contributed by atoms with Gasteiger partial charge in [0, 0.05) is 17.3 Å². The van der Waals surface area contributed by atoms with Crippen LogP contribution < -0.4 is 14.8 Å². The third kappa shape index (κ3) is 5.86. The normalized spacial score (nSPS) is 11.3. The van der Waals surface area contributed by atoms with E-state index in [1.807, 2.05) is 26.8 Å². The molecular weight excluding hydrogens is 412 g/mol. The Morgan fingerprint density at radius 2 is 1.65 bits per heavy atom. The number of sulfonamides is 1. The van der Waals surface area contributed by atoms with E-state index in [0.717, 1.165) is 5.56 Å². The number of anilines is 2. The molecule has 0 heterocycles. The summed E-state index contributed by atoms with van der Waals surface area (Å²) in [5, 5.41) is 2.82. The van der Waals surface area contributed by atoms with Crippen LogP contribution in [0, 0.1) is 13.8 Å². The van der Waals surface area contributed by atoms with Gasteiger partial charge < -0.3 is 10.1 Å². The van der Waals surface area contributed by atoms with E-state index in [0.29, 0.717) is 28.3 Å². The molecule has 0 spiro atoms. The predicted octanol–water partition coefficient (Wildman–Crippen LogP) is 5.14. The van der Waals surface area contributed by atoms with Crippen LogP contribution in [0.3, 0.4) is 0 Å². The number of nitrogens with one attached hydrogen (secondary N) is 2. The molecule has 0 bridgehead atoms. The van der Waals surface area contributed by atoms with Crippen molar-refractivity contribution < 1.29 is 17.9 Å². The van der Waals surface area contributed by atoms with Gasteiger partial charge in [-0.1, -0.05) is 29.8 Å². The van der Waals surface area contributed by atoms with E-state index in [-0.39, 0.29) is 16.9 Å². The maximum Gasteiger partial charge on any atom is 0.261 e. The molecule has 31 heavy (non-hydrogen) atoms. The molecule has 0 saturated heterocycles. The highest BCUT2D eigenvalue weighted by atomic mass is 32.2. The zero-order valence-electron chi connectivity index (χ0n) is 18.0. The number of hydrogen-bond donors (Lipinski definition) is 2. The summed E-state index contributed by atoms with van der Waals surface area (Å²) in [6, 6.07) is 18.6. The van der Waals surface area contributed by atoms with Gasteiger partial charge in [0.05, 0.1) is 16.7 Å². The van der Waals surface area contributed by atoms with Crippen molar-refractivity contribution >= 4 is 27.3 Å². The standard InChI is InChI=1S/C24H26N2O4S/c1-16(2)30-21-7-5-6-20(15-21)25-24(27)19-11-10-18(4)23(14-19)26-31(28,29)22-12-8-17(3)9-13-22/h5-16,26H,1-4H3,(H,25,27). The molecule has 7 heteroatoms. The third-order valence-electron chi connectivity index (χ3n) is 4.54. The molecule has 162 valence electrons. The molecule has 3 rings (SSSR count). The largest absolute Gasteiger partial charge is 0.491 e. The van der Waals surface area contributed by atoms with Crippen molar-refractivity contribution in [2.45, 2.75) is 38.7 Å². The third-order valence-corrected chi connectivity index (χ3v) is 5.92. The summed E-state index contributed by atoms with van der Waals surface area (Å²) in [6.45, 7) is 7.52. The number of carbonyl (C=O) groups is 1. The highest BCUT2D eigenvalue weighted by Crippen LogP contribution is 2.23. The molecule has 3 aromatic carbocycles. The van der Waals surface area contributed by atoms with Crippen LogP contribution in [0.5, 0.6) is 5.75 Å². The van der Waals surface area contributed by atoms with Crippen LogP contribution in [0.4, 0.5) is 11.4 Å². The molecule has 0 atom stereocenters. The van der Waals surface area contributed by atoms with E-state index in [1.54, 1.807) is 61.5 Å². The number of benzene rings is 3. The Labute approximate surface area is 183 Å². The van der Waals surface area contributed by atoms with E-state index in [9.17, 15) is 13.2 Å². The van der Waals surface area contributed by atoms with Gasteiger partial charge in [-0.25, -0.2) is 8.42 Å². The zero-order valence-corrected chi connectivity index (χ0v) is 18.8. The number of hydrogen-bond acceptors (Lipinski definition) is 4. The summed E-state index contributed by atoms with van der Waals surface area (Å²) < 4.78 is 33.7. The number of carbonyl (C=O) groups excluding carboxylic acids is 1. The van der Waals surface area contributed by atoms with Crippen molar-refractivity contribution in [3.05, 3.63) is 83.4 Å². The van der Waals surface area contributed by atoms with Crippen LogP contribution in [0.25, 0.3) is 0 Å². The van der Waals surface area contributed by atoms with Crippen LogP contribution in [-0.4, -0.2) is 20.4 Å². The number of rotatable bonds is 7. The van der Waals surface area contributed by atoms with Crippen molar-refractivity contribution in [3.63, 3.8) is 0 Å². The molecule has 0 radical (unpaired) electrons. The van der Waals surface area contributed by atoms with Gasteiger partial charge in [-0.05, 0) is 69.7 Å². The second-order valence-electron chi connectivity index (χ2n) is 7.60. The first-order chi connectivity index (χ1) is 14.6. The highest BCUT2D eigenvalue weighted by Gasteiger charge is 2.17. The SMILES string of the molecule is Cc1ccc(S(=O)(=O)Nc2cc(C(=O)Nc3cccc(OC(C)C)c3)ccc2C)cc1. The summed E-state index contributed by atoms with van der Waals surface area (Å²) in [7, 11) is -3.77. The first kappa shape index (κ1) is 22.4. The van der Waals surface area contributed by atoms with Gasteiger partial charge in [-0.15, -0.1) is 0 Å². The van der Waals surface area contributed by atoms with Gasteiger partial charge in [-0.2, -0.15) is 0 Å². The van der Waals surface area contributed by atoms with Gasteiger partial charge in [0.15, 0.2) is 0 Å². The molecule has 1 amide bonds. The Kier molecular flexibility index (Phi) is 6.65. The van der Waals surface area contributed by atoms with Crippen molar-refractivity contribution in [1.82, 2.24) is 0 Å². The average molecular weight is 439 g/mol. The maximum absolute atomic E-state index is 12.8. The zero-order chi connectivity index (χ0) is 22.6. The molecule has 0 aliphatic heterocycles. The van der Waals surface area contributed by atoms with E-state index in [1.165, 1.54) is 6.07 Å². The fraction of sp³-hybridized carbons (Fsp3) is 0.208. The minimum Gasteiger partial charge on any atom is -0.491 e. The van der Waals surface area contributed by atoms with Crippen molar-refractivity contribution in [2.75, 3.05) is 10.0 Å². The van der Waals surface area contributed by atoms with Gasteiger partial charge in [0.2, 0.25) is 0 Å². The lowest BCUT2D eigenvalue weighted by molar-refractivity contribution is 0.102. The summed E-state index contributed by atoms with van der Waals surface area (Å²) in [5.41, 5.74) is 2.95. The summed E-state index contributed by atoms with van der Waals surface area (Å²) in [6.07, 6.45) is 0.0205. The molecule has 2 N–H and O–H groups in total. The second kappa shape index (κ2) is 9.22. The minimum absolute atomic E-state index is 0.0205. The second-order valence-corrected chi connectivity index (χ2v) is 9.28. The van der Waals surface area contributed by atoms with Crippen molar-refractivity contribution in [2.24, 2.45) is 0 Å². The van der Waals surface area contributed by atoms with Crippen LogP contribution >= 0.6 is 0 Å². The van der Waals surface area contributed by atoms with Crippen LogP contribution in [-0.2, 0) is 10.0 Å². The van der Waals surface area contributed by atoms with Crippen LogP contribution in [0.1, 0.15) is 35.3 Å². The monoisotopic (exact) mass is 438 g/mol. The highest BCUT2D eigenvalue weighted by molar-refractivity contribution is 7.92. The van der Waals surface area contributed by atoms with Gasteiger partial charge in [-0.3, -0.25) is 9.52 Å². The quantitative estimate of drug-likeness (QED) is 0.535. The number of aryl methyl sites for hydroxylation is 2. The maximum atomic E-state index is 12.8. The lowest BCUT2D eigenvalue weighted by atomic mass is 10.1. The van der Waals surface area contributed by atoms with Gasteiger partial charge in [0.1, 0.15) is 5.75 Å². The molecule has 6 nitrogen and oxygen atoms in total. The van der Waals surface area contributed by atoms with Crippen molar-refractivity contribution in [1.29, 1.82) is 0 Å². The summed E-state index contributed by atoms with van der Waals surface area (Å²) in [4.78, 5) is 12.9. The summed E-state index contributed by atoms with van der Waals surface area (Å²) in [5.74, 6) is 0.306. The molecule has 0 fully saturated rings. The van der Waals surface area contributed by atoms with Crippen LogP contribution in [0.2, 0.25) is 0 Å². The Morgan fingerprint density at radius 3 is 2.32 bits per heavy atom. The Morgan fingerprint density at radius 1 is 0.935 bits per heavy atom. The van der Waals surface area contributed by atoms with Gasteiger partial charge >= 0.3 is 0 Å². The Balaban J connectivity index is 1.80. The minimum atomic E-state index is -3.77. The molecule has 0 saturated carbocycles. The smallest absolute Gasteiger partial charge is 0.261 e. The predicted molar refractivity (Wildman–Crippen MR) is 123 cm³/mol. The first-order valence-corrected chi connectivity index (χ1v) is 11.4. The Hall–Kier alpha value is -3.32. The summed E-state index contributed by atoms with van der Waals surface area (Å²) >= 11 is 0. The average Bonchev–Trinajstić information content (AvgIpc) is 2.69. The van der Waals surface area contributed by atoms with E-state index < -0.39 is 10.0 Å². The molecule has 0 aromatic heterocycles. The molecule has 0 aliphatic rings. The van der Waals surface area contributed by atoms with E-state index >= 15 is 0 Å². The molecule has 3 aromatic rings. The fourth-order valence-electron chi connectivity index (χ4n) is 2.92. The van der Waals surface area contributed by atoms with Crippen LogP contribution in [0.15, 0.2) is 71.6 Å². The van der Waals surface area contributed by atoms with Gasteiger partial charge in [0.25, 0.3) is 15.9 Å². The number of ether oxygens (including phenoxy) is 1. The first-order valence-electron chi connectivity index (χ1n) is 9.92. The topological polar surface area (TPSA) is 84.5 Å². The van der Waals surface area contributed by atoms with Crippen molar-refractivity contribution in [3.8, 4) is 5.75 Å².